The average molecular weight is 308 g/mol. The van der Waals surface area contributed by atoms with Gasteiger partial charge in [-0.15, -0.1) is 6.58 Å². The molecule has 0 heterocycles. The van der Waals surface area contributed by atoms with Gasteiger partial charge in [-0.25, -0.2) is 0 Å². The summed E-state index contributed by atoms with van der Waals surface area (Å²) in [5.41, 5.74) is 2.56. The summed E-state index contributed by atoms with van der Waals surface area (Å²) in [4.78, 5) is 12.7. The van der Waals surface area contributed by atoms with Gasteiger partial charge in [0.25, 0.3) is 0 Å². The van der Waals surface area contributed by atoms with Gasteiger partial charge in [0.1, 0.15) is 0 Å². The van der Waals surface area contributed by atoms with Crippen molar-refractivity contribution in [3.05, 3.63) is 65.8 Å². The Morgan fingerprint density at radius 3 is 2.78 bits per heavy atom. The second kappa shape index (κ2) is 6.29. The summed E-state index contributed by atoms with van der Waals surface area (Å²) in [5.74, 6) is 0.0775. The van der Waals surface area contributed by atoms with Crippen molar-refractivity contribution in [1.29, 1.82) is 0 Å². The Labute approximate surface area is 138 Å². The van der Waals surface area contributed by atoms with E-state index in [9.17, 15) is 9.90 Å². The van der Waals surface area contributed by atoms with Crippen LogP contribution in [0.4, 0.5) is 0 Å². The summed E-state index contributed by atoms with van der Waals surface area (Å²) >= 11 is 0. The third-order valence-electron chi connectivity index (χ3n) is 5.55. The predicted octanol–water partition coefficient (Wildman–Crippen LogP) is 4.32. The lowest BCUT2D eigenvalue weighted by atomic mass is 9.55. The molecule has 0 amide bonds. The molecule has 1 fully saturated rings. The minimum absolute atomic E-state index is 0.0106. The van der Waals surface area contributed by atoms with Crippen LogP contribution >= 0.6 is 0 Å². The largest absolute Gasteiger partial charge is 0.392 e. The molecule has 1 aromatic rings. The molecule has 0 radical (unpaired) electrons. The van der Waals surface area contributed by atoms with Crippen LogP contribution in [0.2, 0.25) is 0 Å². The van der Waals surface area contributed by atoms with Crippen molar-refractivity contribution in [2.75, 3.05) is 0 Å². The van der Waals surface area contributed by atoms with E-state index < -0.39 is 6.10 Å². The highest BCUT2D eigenvalue weighted by atomic mass is 16.3. The van der Waals surface area contributed by atoms with Gasteiger partial charge in [-0.1, -0.05) is 48.9 Å². The summed E-state index contributed by atoms with van der Waals surface area (Å²) in [5, 5.41) is 10.8. The van der Waals surface area contributed by atoms with Gasteiger partial charge in [-0.3, -0.25) is 4.79 Å². The van der Waals surface area contributed by atoms with Crippen molar-refractivity contribution in [2.24, 2.45) is 11.3 Å². The summed E-state index contributed by atoms with van der Waals surface area (Å²) in [6.45, 7) is 5.98. The number of rotatable bonds is 3. The molecule has 2 aliphatic rings. The maximum Gasteiger partial charge on any atom is 0.182 e. The molecular weight excluding hydrogens is 284 g/mol. The van der Waals surface area contributed by atoms with Gasteiger partial charge in [-0.2, -0.15) is 0 Å². The molecule has 0 spiro atoms. The van der Waals surface area contributed by atoms with Crippen molar-refractivity contribution in [3.8, 4) is 0 Å². The Balaban J connectivity index is 2.11. The predicted molar refractivity (Wildman–Crippen MR) is 93.8 cm³/mol. The van der Waals surface area contributed by atoms with E-state index in [4.69, 9.17) is 0 Å². The molecule has 0 aliphatic heterocycles. The lowest BCUT2D eigenvalue weighted by Gasteiger charge is -2.50. The molecule has 2 heteroatoms. The highest BCUT2D eigenvalue weighted by Crippen LogP contribution is 2.54. The van der Waals surface area contributed by atoms with Crippen LogP contribution in [0.3, 0.4) is 0 Å². The summed E-state index contributed by atoms with van der Waals surface area (Å²) < 4.78 is 0. The molecule has 0 saturated heterocycles. The van der Waals surface area contributed by atoms with E-state index >= 15 is 0 Å². The normalized spacial score (nSPS) is 32.3. The number of allylic oxidation sites excluding steroid dienone is 3. The maximum atomic E-state index is 12.7. The van der Waals surface area contributed by atoms with Crippen LogP contribution in [0.1, 0.15) is 38.2 Å². The summed E-state index contributed by atoms with van der Waals surface area (Å²) in [6.07, 6.45) is 8.58. The first kappa shape index (κ1) is 15.9. The fraction of sp³-hybridized carbons (Fsp3) is 0.381. The molecule has 1 saturated carbocycles. The topological polar surface area (TPSA) is 37.3 Å². The van der Waals surface area contributed by atoms with Crippen LogP contribution in [-0.4, -0.2) is 17.0 Å². The Morgan fingerprint density at radius 2 is 2.09 bits per heavy atom. The van der Waals surface area contributed by atoms with E-state index in [1.165, 1.54) is 0 Å². The SMILES string of the molecule is C=CC[C@@]12C(=CC(=O)/C(=C/c3ccccc3)[C@@H]1C)CCC[C@@H]2O. The number of carbonyl (C=O) groups excluding carboxylic acids is 1. The molecule has 0 unspecified atom stereocenters. The van der Waals surface area contributed by atoms with E-state index in [0.29, 0.717) is 6.42 Å². The smallest absolute Gasteiger partial charge is 0.182 e. The number of hydrogen-bond acceptors (Lipinski definition) is 2. The number of carbonyl (C=O) groups is 1. The van der Waals surface area contributed by atoms with Crippen LogP contribution in [0.15, 0.2) is 60.2 Å². The number of ketones is 1. The summed E-state index contributed by atoms with van der Waals surface area (Å²) in [6, 6.07) is 9.92. The van der Waals surface area contributed by atoms with Crippen molar-refractivity contribution in [1.82, 2.24) is 0 Å². The molecule has 0 aromatic heterocycles. The fourth-order valence-corrected chi connectivity index (χ4v) is 4.30. The van der Waals surface area contributed by atoms with Crippen molar-refractivity contribution in [3.63, 3.8) is 0 Å². The van der Waals surface area contributed by atoms with Crippen LogP contribution in [0, 0.1) is 11.3 Å². The number of hydrogen-bond donors (Lipinski definition) is 1. The monoisotopic (exact) mass is 308 g/mol. The second-order valence-corrected chi connectivity index (χ2v) is 6.71. The van der Waals surface area contributed by atoms with Crippen molar-refractivity contribution in [2.45, 2.75) is 38.7 Å². The Morgan fingerprint density at radius 1 is 1.35 bits per heavy atom. The maximum absolute atomic E-state index is 12.7. The molecule has 23 heavy (non-hydrogen) atoms. The van der Waals surface area contributed by atoms with E-state index in [1.807, 2.05) is 42.5 Å². The molecule has 120 valence electrons. The first-order valence-electron chi connectivity index (χ1n) is 8.40. The Hall–Kier alpha value is -1.93. The molecule has 2 aliphatic carbocycles. The van der Waals surface area contributed by atoms with Crippen LogP contribution in [-0.2, 0) is 4.79 Å². The van der Waals surface area contributed by atoms with Crippen LogP contribution < -0.4 is 0 Å². The zero-order chi connectivity index (χ0) is 16.4. The van der Waals surface area contributed by atoms with Gasteiger partial charge in [0.2, 0.25) is 0 Å². The first-order chi connectivity index (χ1) is 11.1. The molecule has 3 atom stereocenters. The lowest BCUT2D eigenvalue weighted by Crippen LogP contribution is -2.48. The highest BCUT2D eigenvalue weighted by molar-refractivity contribution is 6.09. The highest BCUT2D eigenvalue weighted by Gasteiger charge is 2.50. The molecule has 3 rings (SSSR count). The standard InChI is InChI=1S/C21H24O2/c1-3-12-21-15(2)18(13-16-8-5-4-6-9-16)19(22)14-17(21)10-7-11-20(21)23/h3-6,8-9,13-15,20,23H,1,7,10-12H2,2H3/b18-13+/t15-,20-,21-/m0/s1. The molecule has 2 nitrogen and oxygen atoms in total. The van der Waals surface area contributed by atoms with Gasteiger partial charge >= 0.3 is 0 Å². The lowest BCUT2D eigenvalue weighted by molar-refractivity contribution is -0.113. The number of benzene rings is 1. The van der Waals surface area contributed by atoms with E-state index in [1.54, 1.807) is 6.08 Å². The molecule has 1 aromatic carbocycles. The average Bonchev–Trinajstić information content (AvgIpc) is 2.55. The summed E-state index contributed by atoms with van der Waals surface area (Å²) in [7, 11) is 0. The van der Waals surface area contributed by atoms with Gasteiger partial charge in [-0.05, 0) is 49.3 Å². The number of aliphatic hydroxyl groups is 1. The number of fused-ring (bicyclic) bond motifs is 1. The van der Waals surface area contributed by atoms with Gasteiger partial charge in [0, 0.05) is 11.0 Å². The fourth-order valence-electron chi connectivity index (χ4n) is 4.30. The van der Waals surface area contributed by atoms with E-state index in [0.717, 1.165) is 36.0 Å². The minimum atomic E-state index is -0.414. The first-order valence-corrected chi connectivity index (χ1v) is 8.40. The third kappa shape index (κ3) is 2.61. The minimum Gasteiger partial charge on any atom is -0.392 e. The van der Waals surface area contributed by atoms with Crippen LogP contribution in [0.5, 0.6) is 0 Å². The van der Waals surface area contributed by atoms with Gasteiger partial charge in [0.15, 0.2) is 5.78 Å². The van der Waals surface area contributed by atoms with Crippen molar-refractivity contribution >= 4 is 11.9 Å². The van der Waals surface area contributed by atoms with Crippen molar-refractivity contribution < 1.29 is 9.90 Å². The third-order valence-corrected chi connectivity index (χ3v) is 5.55. The molecule has 1 N–H and O–H groups in total. The van der Waals surface area contributed by atoms with E-state index in [2.05, 4.69) is 13.5 Å². The zero-order valence-corrected chi connectivity index (χ0v) is 13.7. The van der Waals surface area contributed by atoms with E-state index in [-0.39, 0.29) is 17.1 Å². The quantitative estimate of drug-likeness (QED) is 0.667. The Bertz CT molecular complexity index is 668. The van der Waals surface area contributed by atoms with Gasteiger partial charge < -0.3 is 5.11 Å². The van der Waals surface area contributed by atoms with Gasteiger partial charge in [0.05, 0.1) is 6.10 Å². The molecular formula is C21H24O2. The Kier molecular flexibility index (Phi) is 4.36. The number of aliphatic hydroxyl groups excluding tert-OH is 1. The zero-order valence-electron chi connectivity index (χ0n) is 13.7. The molecule has 0 bridgehead atoms. The second-order valence-electron chi connectivity index (χ2n) is 6.71. The van der Waals surface area contributed by atoms with Crippen LogP contribution in [0.25, 0.3) is 6.08 Å².